The molecule has 0 amide bonds. The third kappa shape index (κ3) is 3.71. The minimum Gasteiger partial charge on any atom is -0.465 e. The van der Waals surface area contributed by atoms with Crippen molar-refractivity contribution in [2.24, 2.45) is 0 Å². The van der Waals surface area contributed by atoms with Crippen LogP contribution in [0.1, 0.15) is 10.4 Å². The Hall–Kier alpha value is -2.12. The fraction of sp³-hybridized carbons (Fsp3) is 0.0769. The number of halogens is 1. The van der Waals surface area contributed by atoms with Crippen molar-refractivity contribution in [3.63, 3.8) is 0 Å². The summed E-state index contributed by atoms with van der Waals surface area (Å²) in [5, 5.41) is 11.9. The number of benzene rings is 1. The number of carbonyl (C=O) groups is 1. The van der Waals surface area contributed by atoms with E-state index in [9.17, 15) is 14.9 Å². The molecule has 0 spiro atoms. The normalized spacial score (nSPS) is 10.2. The highest BCUT2D eigenvalue weighted by atomic mass is 35.5. The summed E-state index contributed by atoms with van der Waals surface area (Å²) in [6, 6.07) is 7.97. The SMILES string of the molecule is COC(=O)c1cnc(Sc2ccc(Cl)cc2)c([N+](=O)[O-])c1. The maximum absolute atomic E-state index is 11.4. The second-order valence-corrected chi connectivity index (χ2v) is 5.35. The zero-order valence-electron chi connectivity index (χ0n) is 10.8. The number of esters is 1. The van der Waals surface area contributed by atoms with E-state index in [4.69, 9.17) is 11.6 Å². The van der Waals surface area contributed by atoms with E-state index in [1.807, 2.05) is 0 Å². The molecule has 0 aliphatic heterocycles. The summed E-state index contributed by atoms with van der Waals surface area (Å²) in [5.41, 5.74) is -0.220. The van der Waals surface area contributed by atoms with Gasteiger partial charge in [-0.2, -0.15) is 0 Å². The van der Waals surface area contributed by atoms with Crippen molar-refractivity contribution in [3.05, 3.63) is 57.2 Å². The second-order valence-electron chi connectivity index (χ2n) is 3.85. The molecule has 0 N–H and O–H groups in total. The van der Waals surface area contributed by atoms with Crippen LogP contribution >= 0.6 is 23.4 Å². The van der Waals surface area contributed by atoms with Crippen LogP contribution in [-0.4, -0.2) is 23.0 Å². The monoisotopic (exact) mass is 324 g/mol. The quantitative estimate of drug-likeness (QED) is 0.485. The van der Waals surface area contributed by atoms with Crippen LogP contribution in [-0.2, 0) is 4.74 Å². The molecule has 21 heavy (non-hydrogen) atoms. The molecular formula is C13H9ClN2O4S. The molecule has 0 saturated carbocycles. The third-order valence-corrected chi connectivity index (χ3v) is 3.75. The van der Waals surface area contributed by atoms with Gasteiger partial charge in [-0.1, -0.05) is 23.4 Å². The Bertz CT molecular complexity index is 691. The second kappa shape index (κ2) is 6.55. The standard InChI is InChI=1S/C13H9ClN2O4S/c1-20-13(17)8-6-11(16(18)19)12(15-7-8)21-10-4-2-9(14)3-5-10/h2-7H,1H3. The molecule has 8 heteroatoms. The van der Waals surface area contributed by atoms with E-state index in [-0.39, 0.29) is 16.3 Å². The molecule has 2 aromatic rings. The average Bonchev–Trinajstić information content (AvgIpc) is 2.49. The number of aromatic nitrogens is 1. The van der Waals surface area contributed by atoms with Crippen molar-refractivity contribution >= 4 is 35.0 Å². The third-order valence-electron chi connectivity index (χ3n) is 2.48. The number of carbonyl (C=O) groups excluding carboxylic acids is 1. The molecule has 0 saturated heterocycles. The molecule has 0 fully saturated rings. The Labute approximate surface area is 129 Å². The Morgan fingerprint density at radius 1 is 1.38 bits per heavy atom. The van der Waals surface area contributed by atoms with E-state index in [0.29, 0.717) is 5.02 Å². The first-order valence-corrected chi connectivity index (χ1v) is 6.87. The molecule has 108 valence electrons. The zero-order valence-corrected chi connectivity index (χ0v) is 12.4. The maximum Gasteiger partial charge on any atom is 0.339 e. The van der Waals surface area contributed by atoms with E-state index in [1.54, 1.807) is 24.3 Å². The molecular weight excluding hydrogens is 316 g/mol. The van der Waals surface area contributed by atoms with Crippen LogP contribution in [0.15, 0.2) is 46.5 Å². The minimum absolute atomic E-state index is 0.0321. The van der Waals surface area contributed by atoms with Gasteiger partial charge in [-0.15, -0.1) is 0 Å². The fourth-order valence-corrected chi connectivity index (χ4v) is 2.46. The molecule has 0 radical (unpaired) electrons. The van der Waals surface area contributed by atoms with Gasteiger partial charge < -0.3 is 4.74 Å². The molecule has 0 aliphatic rings. The van der Waals surface area contributed by atoms with Gasteiger partial charge in [-0.25, -0.2) is 9.78 Å². The first kappa shape index (κ1) is 15.3. The van der Waals surface area contributed by atoms with Gasteiger partial charge in [0, 0.05) is 22.2 Å². The van der Waals surface area contributed by atoms with Gasteiger partial charge in [0.1, 0.15) is 0 Å². The van der Waals surface area contributed by atoms with Gasteiger partial charge in [0.05, 0.1) is 17.6 Å². The predicted molar refractivity (Wildman–Crippen MR) is 77.8 cm³/mol. The summed E-state index contributed by atoms with van der Waals surface area (Å²) >= 11 is 6.90. The Balaban J connectivity index is 2.36. The van der Waals surface area contributed by atoms with Crippen LogP contribution < -0.4 is 0 Å². The van der Waals surface area contributed by atoms with E-state index < -0.39 is 10.9 Å². The van der Waals surface area contributed by atoms with Crippen LogP contribution in [0, 0.1) is 10.1 Å². The van der Waals surface area contributed by atoms with Crippen LogP contribution in [0.3, 0.4) is 0 Å². The zero-order chi connectivity index (χ0) is 15.4. The smallest absolute Gasteiger partial charge is 0.339 e. The average molecular weight is 325 g/mol. The molecule has 2 rings (SSSR count). The van der Waals surface area contributed by atoms with Crippen molar-refractivity contribution in [2.45, 2.75) is 9.92 Å². The number of methoxy groups -OCH3 is 1. The van der Waals surface area contributed by atoms with Gasteiger partial charge in [0.25, 0.3) is 0 Å². The van der Waals surface area contributed by atoms with Crippen LogP contribution in [0.25, 0.3) is 0 Å². The maximum atomic E-state index is 11.4. The highest BCUT2D eigenvalue weighted by Gasteiger charge is 2.20. The van der Waals surface area contributed by atoms with Gasteiger partial charge in [-0.05, 0) is 24.3 Å². The van der Waals surface area contributed by atoms with Gasteiger partial charge in [0.2, 0.25) is 0 Å². The number of ether oxygens (including phenoxy) is 1. The van der Waals surface area contributed by atoms with E-state index in [1.165, 1.54) is 13.3 Å². The number of nitrogens with zero attached hydrogens (tertiary/aromatic N) is 2. The predicted octanol–water partition coefficient (Wildman–Crippen LogP) is 3.58. The summed E-state index contributed by atoms with van der Waals surface area (Å²) in [6.07, 6.45) is 1.25. The lowest BCUT2D eigenvalue weighted by Gasteiger charge is -2.04. The molecule has 0 atom stereocenters. The number of pyridine rings is 1. The van der Waals surface area contributed by atoms with E-state index >= 15 is 0 Å². The van der Waals surface area contributed by atoms with Gasteiger partial charge >= 0.3 is 11.7 Å². The number of hydrogen-bond donors (Lipinski definition) is 0. The van der Waals surface area contributed by atoms with Gasteiger partial charge in [0.15, 0.2) is 5.03 Å². The van der Waals surface area contributed by atoms with E-state index in [2.05, 4.69) is 9.72 Å². The highest BCUT2D eigenvalue weighted by molar-refractivity contribution is 7.99. The molecule has 0 unspecified atom stereocenters. The molecule has 0 aliphatic carbocycles. The topological polar surface area (TPSA) is 82.3 Å². The highest BCUT2D eigenvalue weighted by Crippen LogP contribution is 2.33. The summed E-state index contributed by atoms with van der Waals surface area (Å²) in [5.74, 6) is -0.673. The van der Waals surface area contributed by atoms with Crippen LogP contribution in [0.4, 0.5) is 5.69 Å². The first-order chi connectivity index (χ1) is 10.0. The largest absolute Gasteiger partial charge is 0.465 e. The summed E-state index contributed by atoms with van der Waals surface area (Å²) < 4.78 is 4.52. The van der Waals surface area contributed by atoms with Crippen molar-refractivity contribution in [3.8, 4) is 0 Å². The Morgan fingerprint density at radius 3 is 2.62 bits per heavy atom. The summed E-state index contributed by atoms with van der Waals surface area (Å²) in [4.78, 5) is 26.6. The van der Waals surface area contributed by atoms with Crippen molar-refractivity contribution in [1.29, 1.82) is 0 Å². The lowest BCUT2D eigenvalue weighted by Crippen LogP contribution is -2.04. The molecule has 1 heterocycles. The van der Waals surface area contributed by atoms with Crippen molar-refractivity contribution < 1.29 is 14.5 Å². The lowest BCUT2D eigenvalue weighted by molar-refractivity contribution is -0.388. The lowest BCUT2D eigenvalue weighted by atomic mass is 10.3. The number of hydrogen-bond acceptors (Lipinski definition) is 6. The van der Waals surface area contributed by atoms with Crippen LogP contribution in [0.5, 0.6) is 0 Å². The van der Waals surface area contributed by atoms with Crippen LogP contribution in [0.2, 0.25) is 5.02 Å². The Morgan fingerprint density at radius 2 is 2.05 bits per heavy atom. The molecule has 1 aromatic heterocycles. The number of nitro groups is 1. The molecule has 0 bridgehead atoms. The van der Waals surface area contributed by atoms with Crippen molar-refractivity contribution in [2.75, 3.05) is 7.11 Å². The molecule has 1 aromatic carbocycles. The van der Waals surface area contributed by atoms with Gasteiger partial charge in [-0.3, -0.25) is 10.1 Å². The molecule has 6 nitrogen and oxygen atoms in total. The van der Waals surface area contributed by atoms with E-state index in [0.717, 1.165) is 22.7 Å². The van der Waals surface area contributed by atoms with Crippen molar-refractivity contribution in [1.82, 2.24) is 4.98 Å². The number of rotatable bonds is 4. The first-order valence-electron chi connectivity index (χ1n) is 5.67. The summed E-state index contributed by atoms with van der Waals surface area (Å²) in [7, 11) is 1.20. The minimum atomic E-state index is -0.673. The Kier molecular flexibility index (Phi) is 4.77. The summed E-state index contributed by atoms with van der Waals surface area (Å²) in [6.45, 7) is 0. The fourth-order valence-electron chi connectivity index (χ4n) is 1.49.